The molecule has 9 heteroatoms. The lowest BCUT2D eigenvalue weighted by Crippen LogP contribution is -2.45. The van der Waals surface area contributed by atoms with Gasteiger partial charge in [-0.3, -0.25) is 4.79 Å². The van der Waals surface area contributed by atoms with Crippen LogP contribution in [0, 0.1) is 5.92 Å². The molecule has 1 rings (SSSR count). The molecule has 0 aliphatic heterocycles. The Bertz CT molecular complexity index is 670. The highest BCUT2D eigenvalue weighted by atomic mass is 19.4. The lowest BCUT2D eigenvalue weighted by molar-refractivity contribution is -0.176. The van der Waals surface area contributed by atoms with Crippen molar-refractivity contribution in [1.82, 2.24) is 10.6 Å². The van der Waals surface area contributed by atoms with Gasteiger partial charge in [-0.05, 0) is 38.8 Å². The van der Waals surface area contributed by atoms with Crippen LogP contribution in [-0.2, 0) is 27.4 Å². The van der Waals surface area contributed by atoms with E-state index < -0.39 is 36.4 Å². The first-order chi connectivity index (χ1) is 13.3. The van der Waals surface area contributed by atoms with Gasteiger partial charge >= 0.3 is 12.3 Å². The Kier molecular flexibility index (Phi) is 8.94. The summed E-state index contributed by atoms with van der Waals surface area (Å²) in [4.78, 5) is 24.1. The minimum absolute atomic E-state index is 0.142. The van der Waals surface area contributed by atoms with Crippen LogP contribution in [0.4, 0.5) is 18.0 Å². The van der Waals surface area contributed by atoms with Crippen molar-refractivity contribution in [3.8, 4) is 0 Å². The van der Waals surface area contributed by atoms with Gasteiger partial charge in [0.05, 0.1) is 12.5 Å². The monoisotopic (exact) mass is 418 g/mol. The summed E-state index contributed by atoms with van der Waals surface area (Å²) in [6, 6.07) is 6.28. The fraction of sp³-hybridized carbons (Fsp3) is 0.600. The Hall–Kier alpha value is -2.29. The lowest BCUT2D eigenvalue weighted by atomic mass is 10.0. The second-order valence-corrected chi connectivity index (χ2v) is 7.87. The minimum Gasteiger partial charge on any atom is -0.444 e. The maximum Gasteiger partial charge on any atom is 0.411 e. The molecule has 0 spiro atoms. The topological polar surface area (TPSA) is 76.7 Å². The number of rotatable bonds is 8. The second-order valence-electron chi connectivity index (χ2n) is 7.87. The number of halogens is 3. The first-order valence-corrected chi connectivity index (χ1v) is 9.26. The number of alkyl halides is 3. The molecule has 0 fully saturated rings. The first kappa shape index (κ1) is 24.7. The molecule has 0 saturated heterocycles. The molecule has 0 aromatic heterocycles. The van der Waals surface area contributed by atoms with Gasteiger partial charge < -0.3 is 20.1 Å². The van der Waals surface area contributed by atoms with Crippen LogP contribution in [0.25, 0.3) is 0 Å². The molecule has 2 atom stereocenters. The summed E-state index contributed by atoms with van der Waals surface area (Å²) in [5.41, 5.74) is 0.768. The molecule has 0 radical (unpaired) electrons. The van der Waals surface area contributed by atoms with Crippen LogP contribution >= 0.6 is 0 Å². The van der Waals surface area contributed by atoms with Gasteiger partial charge in [0.2, 0.25) is 5.91 Å². The smallest absolute Gasteiger partial charge is 0.411 e. The Morgan fingerprint density at radius 2 is 1.59 bits per heavy atom. The van der Waals surface area contributed by atoms with E-state index in [-0.39, 0.29) is 19.1 Å². The summed E-state index contributed by atoms with van der Waals surface area (Å²) in [6.07, 6.45) is -4.94. The molecule has 2 N–H and O–H groups in total. The number of nitrogens with one attached hydrogen (secondary N) is 2. The maximum absolute atomic E-state index is 12.3. The largest absolute Gasteiger partial charge is 0.444 e. The third kappa shape index (κ3) is 10.7. The number of benzene rings is 1. The number of carbonyl (C=O) groups excluding carboxylic acids is 2. The van der Waals surface area contributed by atoms with Crippen LogP contribution in [0.15, 0.2) is 24.3 Å². The van der Waals surface area contributed by atoms with Crippen molar-refractivity contribution in [3.05, 3.63) is 35.4 Å². The summed E-state index contributed by atoms with van der Waals surface area (Å²) in [5.74, 6) is -0.733. The Morgan fingerprint density at radius 1 is 1.03 bits per heavy atom. The highest BCUT2D eigenvalue weighted by molar-refractivity contribution is 5.80. The predicted octanol–water partition coefficient (Wildman–Crippen LogP) is 3.93. The molecule has 1 aromatic rings. The summed E-state index contributed by atoms with van der Waals surface area (Å²) in [7, 11) is 0. The average Bonchev–Trinajstić information content (AvgIpc) is 2.57. The highest BCUT2D eigenvalue weighted by Crippen LogP contribution is 2.16. The zero-order chi connectivity index (χ0) is 22.2. The van der Waals surface area contributed by atoms with Gasteiger partial charge in [-0.1, -0.05) is 31.2 Å². The second kappa shape index (κ2) is 10.5. The summed E-state index contributed by atoms with van der Waals surface area (Å²) >= 11 is 0. The summed E-state index contributed by atoms with van der Waals surface area (Å²) in [5, 5.41) is 5.41. The van der Waals surface area contributed by atoms with Crippen LogP contribution in [0.2, 0.25) is 0 Å². The molecule has 6 nitrogen and oxygen atoms in total. The third-order valence-electron chi connectivity index (χ3n) is 3.93. The molecule has 164 valence electrons. The number of hydrogen-bond acceptors (Lipinski definition) is 4. The van der Waals surface area contributed by atoms with Gasteiger partial charge in [0.25, 0.3) is 0 Å². The highest BCUT2D eigenvalue weighted by Gasteiger charge is 2.27. The fourth-order valence-corrected chi connectivity index (χ4v) is 2.23. The minimum atomic E-state index is -4.35. The van der Waals surface area contributed by atoms with Crippen molar-refractivity contribution in [3.63, 3.8) is 0 Å². The van der Waals surface area contributed by atoms with E-state index in [1.807, 2.05) is 0 Å². The van der Waals surface area contributed by atoms with Gasteiger partial charge in [-0.15, -0.1) is 0 Å². The number of hydrogen-bond donors (Lipinski definition) is 2. The van der Waals surface area contributed by atoms with E-state index in [0.29, 0.717) is 5.56 Å². The van der Waals surface area contributed by atoms with Gasteiger partial charge in [0.1, 0.15) is 12.2 Å². The molecule has 0 bridgehead atoms. The molecule has 0 unspecified atom stereocenters. The third-order valence-corrected chi connectivity index (χ3v) is 3.93. The molecule has 0 heterocycles. The van der Waals surface area contributed by atoms with Gasteiger partial charge in [-0.2, -0.15) is 13.2 Å². The van der Waals surface area contributed by atoms with E-state index in [4.69, 9.17) is 4.74 Å². The average molecular weight is 418 g/mol. The van der Waals surface area contributed by atoms with Gasteiger partial charge in [-0.25, -0.2) is 4.79 Å². The molecule has 2 amide bonds. The first-order valence-electron chi connectivity index (χ1n) is 9.26. The van der Waals surface area contributed by atoms with Crippen molar-refractivity contribution in [2.24, 2.45) is 5.92 Å². The SMILES string of the molecule is C[C@H](NC(=O)OC(C)(C)C)[C@@H](C)C(=O)NCc1ccc(COCC(F)(F)F)cc1. The Balaban J connectivity index is 2.43. The van der Waals surface area contributed by atoms with Crippen LogP contribution < -0.4 is 10.6 Å². The van der Waals surface area contributed by atoms with Crippen molar-refractivity contribution < 1.29 is 32.2 Å². The van der Waals surface area contributed by atoms with E-state index in [2.05, 4.69) is 15.4 Å². The molecule has 0 aliphatic carbocycles. The molecule has 0 saturated carbocycles. The van der Waals surface area contributed by atoms with E-state index in [1.54, 1.807) is 58.9 Å². The fourth-order valence-electron chi connectivity index (χ4n) is 2.23. The zero-order valence-corrected chi connectivity index (χ0v) is 17.4. The molecular formula is C20H29F3N2O4. The lowest BCUT2D eigenvalue weighted by Gasteiger charge is -2.24. The number of carbonyl (C=O) groups is 2. The van der Waals surface area contributed by atoms with E-state index in [9.17, 15) is 22.8 Å². The normalized spacial score (nSPS) is 14.1. The predicted molar refractivity (Wildman–Crippen MR) is 102 cm³/mol. The van der Waals surface area contributed by atoms with Crippen LogP contribution in [0.3, 0.4) is 0 Å². The van der Waals surface area contributed by atoms with Crippen molar-refractivity contribution in [1.29, 1.82) is 0 Å². The Morgan fingerprint density at radius 3 is 2.10 bits per heavy atom. The van der Waals surface area contributed by atoms with E-state index in [1.165, 1.54) is 0 Å². The molecule has 1 aromatic carbocycles. The molecule has 29 heavy (non-hydrogen) atoms. The van der Waals surface area contributed by atoms with E-state index in [0.717, 1.165) is 5.56 Å². The quantitative estimate of drug-likeness (QED) is 0.671. The van der Waals surface area contributed by atoms with Gasteiger partial charge in [0, 0.05) is 12.6 Å². The molecule has 0 aliphatic rings. The summed E-state index contributed by atoms with van der Waals surface area (Å²) < 4.78 is 46.0. The molecular weight excluding hydrogens is 389 g/mol. The number of amides is 2. The number of ether oxygens (including phenoxy) is 2. The maximum atomic E-state index is 12.3. The summed E-state index contributed by atoms with van der Waals surface area (Å²) in [6.45, 7) is 7.48. The van der Waals surface area contributed by atoms with Crippen LogP contribution in [-0.4, -0.2) is 36.4 Å². The van der Waals surface area contributed by atoms with Crippen LogP contribution in [0.1, 0.15) is 45.7 Å². The van der Waals surface area contributed by atoms with E-state index >= 15 is 0 Å². The Labute approximate surface area is 169 Å². The van der Waals surface area contributed by atoms with Crippen molar-refractivity contribution >= 4 is 12.0 Å². The standard InChI is InChI=1S/C20H29F3N2O4/c1-13(14(2)25-18(27)29-19(3,4)5)17(26)24-10-15-6-8-16(9-7-15)11-28-12-20(21,22)23/h6-9,13-14H,10-12H2,1-5H3,(H,24,26)(H,25,27)/t13-,14+/m1/s1. The van der Waals surface area contributed by atoms with Gasteiger partial charge in [0.15, 0.2) is 0 Å². The van der Waals surface area contributed by atoms with Crippen molar-refractivity contribution in [2.45, 2.75) is 65.6 Å². The van der Waals surface area contributed by atoms with Crippen molar-refractivity contribution in [2.75, 3.05) is 6.61 Å². The van der Waals surface area contributed by atoms with Crippen LogP contribution in [0.5, 0.6) is 0 Å². The zero-order valence-electron chi connectivity index (χ0n) is 17.4. The number of alkyl carbamates (subject to hydrolysis) is 1.